The number of piperidine rings is 1. The van der Waals surface area contributed by atoms with E-state index in [0.29, 0.717) is 12.1 Å². The van der Waals surface area contributed by atoms with E-state index in [1.807, 2.05) is 0 Å². The van der Waals surface area contributed by atoms with E-state index in [2.05, 4.69) is 34.5 Å². The molecule has 2 fully saturated rings. The van der Waals surface area contributed by atoms with E-state index in [9.17, 15) is 4.79 Å². The van der Waals surface area contributed by atoms with Gasteiger partial charge in [-0.05, 0) is 56.1 Å². The second-order valence-corrected chi connectivity index (χ2v) is 6.46. The van der Waals surface area contributed by atoms with Crippen molar-refractivity contribution >= 4 is 6.03 Å². The summed E-state index contributed by atoms with van der Waals surface area (Å²) in [6, 6.07) is 9.93. The van der Waals surface area contributed by atoms with Crippen LogP contribution in [0.2, 0.25) is 0 Å². The van der Waals surface area contributed by atoms with Crippen LogP contribution in [-0.4, -0.2) is 23.0 Å². The van der Waals surface area contributed by atoms with Crippen LogP contribution in [0, 0.1) is 0 Å². The first-order valence-corrected chi connectivity index (χ1v) is 7.99. The van der Waals surface area contributed by atoms with Crippen LogP contribution >= 0.6 is 0 Å². The Kier molecular flexibility index (Phi) is 2.94. The smallest absolute Gasteiger partial charge is 0.318 e. The third kappa shape index (κ3) is 1.91. The molecule has 2 unspecified atom stereocenters. The number of nitrogens with zero attached hydrogens (tertiary/aromatic N) is 1. The maximum absolute atomic E-state index is 12.6. The van der Waals surface area contributed by atoms with E-state index in [-0.39, 0.29) is 12.1 Å². The number of carbonyl (C=O) groups is 1. The largest absolute Gasteiger partial charge is 0.331 e. The topological polar surface area (TPSA) is 32.3 Å². The summed E-state index contributed by atoms with van der Waals surface area (Å²) in [7, 11) is 0. The molecule has 0 aromatic heterocycles. The third-order valence-corrected chi connectivity index (χ3v) is 5.36. The van der Waals surface area contributed by atoms with Crippen LogP contribution in [0.5, 0.6) is 0 Å². The Balaban J connectivity index is 1.49. The summed E-state index contributed by atoms with van der Waals surface area (Å²) < 4.78 is 0. The lowest BCUT2D eigenvalue weighted by Crippen LogP contribution is -2.49. The van der Waals surface area contributed by atoms with Gasteiger partial charge < -0.3 is 10.2 Å². The Morgan fingerprint density at radius 2 is 1.80 bits per heavy atom. The lowest BCUT2D eigenvalue weighted by atomic mass is 10.0. The molecular formula is C17H22N2O. The van der Waals surface area contributed by atoms with E-state index in [1.54, 1.807) is 0 Å². The average Bonchev–Trinajstić information content (AvgIpc) is 2.98. The molecule has 0 radical (unpaired) electrons. The molecule has 3 nitrogen and oxygen atoms in total. The highest BCUT2D eigenvalue weighted by atomic mass is 16.2. The molecule has 3 atom stereocenters. The molecule has 3 heteroatoms. The van der Waals surface area contributed by atoms with E-state index < -0.39 is 0 Å². The summed E-state index contributed by atoms with van der Waals surface area (Å²) in [6.45, 7) is 0. The Bertz CT molecular complexity index is 511. The van der Waals surface area contributed by atoms with E-state index in [1.165, 1.54) is 43.2 Å². The zero-order chi connectivity index (χ0) is 13.5. The number of hydrogen-bond acceptors (Lipinski definition) is 1. The number of aryl methyl sites for hydroxylation is 1. The molecular weight excluding hydrogens is 248 g/mol. The molecule has 4 rings (SSSR count). The molecule has 1 N–H and O–H groups in total. The van der Waals surface area contributed by atoms with E-state index in [4.69, 9.17) is 0 Å². The molecule has 106 valence electrons. The Morgan fingerprint density at radius 1 is 1.05 bits per heavy atom. The van der Waals surface area contributed by atoms with Crippen molar-refractivity contribution in [1.29, 1.82) is 0 Å². The SMILES string of the molecule is O=C(N[C@@H]1CCc2ccccc21)N1C2CCCC1CC2. The van der Waals surface area contributed by atoms with Crippen LogP contribution in [0.15, 0.2) is 24.3 Å². The molecule has 20 heavy (non-hydrogen) atoms. The zero-order valence-corrected chi connectivity index (χ0v) is 11.8. The minimum absolute atomic E-state index is 0.180. The van der Waals surface area contributed by atoms with Crippen molar-refractivity contribution in [3.63, 3.8) is 0 Å². The highest BCUT2D eigenvalue weighted by molar-refractivity contribution is 5.76. The van der Waals surface area contributed by atoms with Gasteiger partial charge in [-0.15, -0.1) is 0 Å². The monoisotopic (exact) mass is 270 g/mol. The first-order chi connectivity index (χ1) is 9.83. The number of rotatable bonds is 1. The van der Waals surface area contributed by atoms with Gasteiger partial charge in [0.1, 0.15) is 0 Å². The lowest BCUT2D eigenvalue weighted by molar-refractivity contribution is 0.144. The first-order valence-electron chi connectivity index (χ1n) is 7.99. The fourth-order valence-electron chi connectivity index (χ4n) is 4.38. The molecule has 1 aliphatic carbocycles. The van der Waals surface area contributed by atoms with Crippen LogP contribution in [0.25, 0.3) is 0 Å². The minimum Gasteiger partial charge on any atom is -0.331 e. The van der Waals surface area contributed by atoms with E-state index >= 15 is 0 Å². The van der Waals surface area contributed by atoms with Gasteiger partial charge in [0, 0.05) is 12.1 Å². The van der Waals surface area contributed by atoms with Crippen molar-refractivity contribution in [2.24, 2.45) is 0 Å². The molecule has 1 aromatic carbocycles. The third-order valence-electron chi connectivity index (χ3n) is 5.36. The minimum atomic E-state index is 0.180. The molecule has 2 saturated heterocycles. The summed E-state index contributed by atoms with van der Waals surface area (Å²) in [5.74, 6) is 0. The van der Waals surface area contributed by atoms with Crippen molar-refractivity contribution in [2.45, 2.75) is 63.1 Å². The second-order valence-electron chi connectivity index (χ2n) is 6.46. The summed E-state index contributed by atoms with van der Waals surface area (Å²) >= 11 is 0. The van der Waals surface area contributed by atoms with Crippen molar-refractivity contribution in [1.82, 2.24) is 10.2 Å². The highest BCUT2D eigenvalue weighted by Crippen LogP contribution is 2.36. The number of hydrogen-bond donors (Lipinski definition) is 1. The van der Waals surface area contributed by atoms with Gasteiger partial charge in [0.05, 0.1) is 6.04 Å². The predicted octanol–water partition coefficient (Wildman–Crippen LogP) is 3.40. The van der Waals surface area contributed by atoms with Crippen LogP contribution < -0.4 is 5.32 Å². The standard InChI is InChI=1S/C17H22N2O/c20-17(19-13-5-3-6-14(19)10-9-13)18-16-11-8-12-4-1-2-7-15(12)16/h1-2,4,7,13-14,16H,3,5-6,8-11H2,(H,18,20)/t13?,14?,16-/m1/s1. The molecule has 0 saturated carbocycles. The molecule has 2 bridgehead atoms. The molecule has 3 aliphatic rings. The maximum atomic E-state index is 12.6. The number of nitrogens with one attached hydrogen (secondary N) is 1. The fraction of sp³-hybridized carbons (Fsp3) is 0.588. The van der Waals surface area contributed by atoms with Crippen LogP contribution in [0.4, 0.5) is 4.79 Å². The second kappa shape index (κ2) is 4.80. The number of benzene rings is 1. The van der Waals surface area contributed by atoms with Crippen molar-refractivity contribution in [3.8, 4) is 0 Å². The van der Waals surface area contributed by atoms with E-state index in [0.717, 1.165) is 12.8 Å². The van der Waals surface area contributed by atoms with Gasteiger partial charge in [0.25, 0.3) is 0 Å². The summed E-state index contributed by atoms with van der Waals surface area (Å²) in [5.41, 5.74) is 2.73. The lowest BCUT2D eigenvalue weighted by Gasteiger charge is -2.35. The Morgan fingerprint density at radius 3 is 2.60 bits per heavy atom. The molecule has 2 heterocycles. The predicted molar refractivity (Wildman–Crippen MR) is 78.5 cm³/mol. The molecule has 2 aliphatic heterocycles. The van der Waals surface area contributed by atoms with Gasteiger partial charge in [-0.2, -0.15) is 0 Å². The fourth-order valence-corrected chi connectivity index (χ4v) is 4.38. The summed E-state index contributed by atoms with van der Waals surface area (Å²) in [4.78, 5) is 14.8. The van der Waals surface area contributed by atoms with Crippen molar-refractivity contribution in [3.05, 3.63) is 35.4 Å². The summed E-state index contributed by atoms with van der Waals surface area (Å²) in [6.07, 6.45) is 8.25. The summed E-state index contributed by atoms with van der Waals surface area (Å²) in [5, 5.41) is 3.29. The highest BCUT2D eigenvalue weighted by Gasteiger charge is 2.40. The number of urea groups is 1. The Labute approximate surface area is 120 Å². The number of fused-ring (bicyclic) bond motifs is 3. The maximum Gasteiger partial charge on any atom is 0.318 e. The number of amides is 2. The van der Waals surface area contributed by atoms with Crippen LogP contribution in [-0.2, 0) is 6.42 Å². The molecule has 1 aromatic rings. The van der Waals surface area contributed by atoms with Gasteiger partial charge in [0.2, 0.25) is 0 Å². The van der Waals surface area contributed by atoms with Gasteiger partial charge in [-0.1, -0.05) is 24.3 Å². The van der Waals surface area contributed by atoms with Crippen LogP contribution in [0.3, 0.4) is 0 Å². The first kappa shape index (κ1) is 12.2. The van der Waals surface area contributed by atoms with Crippen molar-refractivity contribution in [2.75, 3.05) is 0 Å². The van der Waals surface area contributed by atoms with Crippen molar-refractivity contribution < 1.29 is 4.79 Å². The molecule has 2 amide bonds. The van der Waals surface area contributed by atoms with Gasteiger partial charge in [-0.25, -0.2) is 4.79 Å². The quantitative estimate of drug-likeness (QED) is 0.833. The normalized spacial score (nSPS) is 31.2. The Hall–Kier alpha value is -1.51. The van der Waals surface area contributed by atoms with Crippen LogP contribution in [0.1, 0.15) is 55.7 Å². The number of carbonyl (C=O) groups excluding carboxylic acids is 1. The molecule has 0 spiro atoms. The zero-order valence-electron chi connectivity index (χ0n) is 11.8. The average molecular weight is 270 g/mol. The van der Waals surface area contributed by atoms with Gasteiger partial charge in [-0.3, -0.25) is 0 Å². The van der Waals surface area contributed by atoms with Gasteiger partial charge >= 0.3 is 6.03 Å². The van der Waals surface area contributed by atoms with Gasteiger partial charge in [0.15, 0.2) is 0 Å².